The van der Waals surface area contributed by atoms with Crippen LogP contribution in [0, 0.1) is 11.3 Å². The average Bonchev–Trinajstić information content (AvgIpc) is 3.54. The fourth-order valence-corrected chi connectivity index (χ4v) is 4.55. The van der Waals surface area contributed by atoms with Crippen LogP contribution in [-0.2, 0) is 9.47 Å². The highest BCUT2D eigenvalue weighted by atomic mass is 16.6. The van der Waals surface area contributed by atoms with E-state index in [4.69, 9.17) is 14.2 Å². The first-order chi connectivity index (χ1) is 18.7. The quantitative estimate of drug-likeness (QED) is 0.235. The van der Waals surface area contributed by atoms with Gasteiger partial charge in [0.05, 0.1) is 12.2 Å². The second-order valence-electron chi connectivity index (χ2n) is 10.6. The standard InChI is InChI=1S/C31H35N3O5/c1-5-6-18-37-29(35)28-26(22-16-17-33(20-22)30(36)39-31(2,3)4)21-34(27(28)19-32)23-12-14-25(15-13-23)38-24-10-8-7-9-11-24/h7-15,21-22H,5-6,16-18,20H2,1-4H3/t22-/m1/s1. The second-order valence-corrected chi connectivity index (χ2v) is 10.6. The Balaban J connectivity index is 1.65. The van der Waals surface area contributed by atoms with Crippen molar-refractivity contribution in [1.29, 1.82) is 5.26 Å². The first-order valence-electron chi connectivity index (χ1n) is 13.3. The molecule has 1 aromatic heterocycles. The molecule has 1 saturated heterocycles. The number of benzene rings is 2. The van der Waals surface area contributed by atoms with E-state index in [2.05, 4.69) is 6.07 Å². The number of aromatic nitrogens is 1. The van der Waals surface area contributed by atoms with Crippen molar-refractivity contribution in [2.24, 2.45) is 0 Å². The van der Waals surface area contributed by atoms with Gasteiger partial charge in [-0.05, 0) is 75.6 Å². The number of hydrogen-bond acceptors (Lipinski definition) is 6. The van der Waals surface area contributed by atoms with Crippen molar-refractivity contribution in [3.63, 3.8) is 0 Å². The molecule has 4 rings (SSSR count). The first-order valence-corrected chi connectivity index (χ1v) is 13.3. The van der Waals surface area contributed by atoms with Crippen LogP contribution in [0.25, 0.3) is 5.69 Å². The number of carbonyl (C=O) groups excluding carboxylic acids is 2. The summed E-state index contributed by atoms with van der Waals surface area (Å²) >= 11 is 0. The summed E-state index contributed by atoms with van der Waals surface area (Å²) in [6.07, 6.45) is 3.71. The molecule has 1 atom stereocenters. The number of carbonyl (C=O) groups is 2. The third-order valence-electron chi connectivity index (χ3n) is 6.45. The van der Waals surface area contributed by atoms with Gasteiger partial charge in [-0.1, -0.05) is 31.5 Å². The SMILES string of the molecule is CCCCOC(=O)c1c([C@@H]2CCN(C(=O)OC(C)(C)C)C2)cn(-c2ccc(Oc3ccccc3)cc2)c1C#N. The monoisotopic (exact) mass is 529 g/mol. The van der Waals surface area contributed by atoms with Crippen molar-refractivity contribution in [2.75, 3.05) is 19.7 Å². The van der Waals surface area contributed by atoms with Gasteiger partial charge in [-0.2, -0.15) is 5.26 Å². The molecule has 0 aliphatic carbocycles. The van der Waals surface area contributed by atoms with Crippen molar-refractivity contribution >= 4 is 12.1 Å². The third-order valence-corrected chi connectivity index (χ3v) is 6.45. The van der Waals surface area contributed by atoms with Gasteiger partial charge in [-0.25, -0.2) is 9.59 Å². The van der Waals surface area contributed by atoms with E-state index >= 15 is 0 Å². The Morgan fingerprint density at radius 3 is 2.38 bits per heavy atom. The van der Waals surface area contributed by atoms with Gasteiger partial charge < -0.3 is 23.7 Å². The van der Waals surface area contributed by atoms with Crippen molar-refractivity contribution in [2.45, 2.75) is 58.5 Å². The summed E-state index contributed by atoms with van der Waals surface area (Å²) in [7, 11) is 0. The Labute approximate surface area is 229 Å². The van der Waals surface area contributed by atoms with E-state index < -0.39 is 11.6 Å². The fraction of sp³-hybridized carbons (Fsp3) is 0.387. The number of ether oxygens (including phenoxy) is 3. The summed E-state index contributed by atoms with van der Waals surface area (Å²) in [5, 5.41) is 10.2. The van der Waals surface area contributed by atoms with Crippen LogP contribution in [-0.4, -0.2) is 46.8 Å². The lowest BCUT2D eigenvalue weighted by molar-refractivity contribution is 0.0292. The highest BCUT2D eigenvalue weighted by molar-refractivity contribution is 5.94. The molecule has 3 aromatic rings. The van der Waals surface area contributed by atoms with Crippen LogP contribution < -0.4 is 4.74 Å². The Kier molecular flexibility index (Phi) is 8.60. The third kappa shape index (κ3) is 6.80. The first kappa shape index (κ1) is 27.8. The molecule has 2 heterocycles. The number of hydrogen-bond donors (Lipinski definition) is 0. The number of rotatable bonds is 8. The molecule has 2 aromatic carbocycles. The Morgan fingerprint density at radius 2 is 1.74 bits per heavy atom. The molecule has 0 saturated carbocycles. The molecule has 1 fully saturated rings. The Bertz CT molecular complexity index is 1330. The van der Waals surface area contributed by atoms with Crippen molar-refractivity contribution in [3.05, 3.63) is 77.6 Å². The number of para-hydroxylation sites is 1. The molecule has 0 spiro atoms. The summed E-state index contributed by atoms with van der Waals surface area (Å²) in [5.74, 6) is 0.715. The number of nitriles is 1. The van der Waals surface area contributed by atoms with E-state index in [0.29, 0.717) is 36.5 Å². The lowest BCUT2D eigenvalue weighted by Gasteiger charge is -2.24. The molecule has 204 valence electrons. The lowest BCUT2D eigenvalue weighted by atomic mass is 9.96. The van der Waals surface area contributed by atoms with E-state index in [0.717, 1.165) is 18.6 Å². The van der Waals surface area contributed by atoms with E-state index in [1.165, 1.54) is 0 Å². The van der Waals surface area contributed by atoms with Crippen LogP contribution in [0.1, 0.15) is 74.5 Å². The van der Waals surface area contributed by atoms with E-state index in [9.17, 15) is 14.9 Å². The number of esters is 1. The van der Waals surface area contributed by atoms with Gasteiger partial charge in [0, 0.05) is 30.9 Å². The Hall–Kier alpha value is -4.25. The largest absolute Gasteiger partial charge is 0.462 e. The molecular weight excluding hydrogens is 494 g/mol. The number of unbranched alkanes of at least 4 members (excludes halogenated alkanes) is 1. The predicted molar refractivity (Wildman–Crippen MR) is 147 cm³/mol. The smallest absolute Gasteiger partial charge is 0.410 e. The van der Waals surface area contributed by atoms with Gasteiger partial charge in [-0.15, -0.1) is 0 Å². The van der Waals surface area contributed by atoms with Crippen LogP contribution in [0.15, 0.2) is 60.8 Å². The molecule has 0 bridgehead atoms. The maximum absolute atomic E-state index is 13.3. The van der Waals surface area contributed by atoms with Crippen molar-refractivity contribution in [1.82, 2.24) is 9.47 Å². The van der Waals surface area contributed by atoms with Crippen LogP contribution in [0.3, 0.4) is 0 Å². The summed E-state index contributed by atoms with van der Waals surface area (Å²) < 4.78 is 18.7. The van der Waals surface area contributed by atoms with Crippen LogP contribution in [0.5, 0.6) is 11.5 Å². The molecule has 1 aliphatic heterocycles. The maximum Gasteiger partial charge on any atom is 0.410 e. The Morgan fingerprint density at radius 1 is 1.05 bits per heavy atom. The van der Waals surface area contributed by atoms with Crippen molar-refractivity contribution in [3.8, 4) is 23.3 Å². The van der Waals surface area contributed by atoms with Gasteiger partial charge >= 0.3 is 12.1 Å². The molecule has 0 unspecified atom stereocenters. The fourth-order valence-electron chi connectivity index (χ4n) is 4.55. The zero-order chi connectivity index (χ0) is 28.0. The number of amides is 1. The summed E-state index contributed by atoms with van der Waals surface area (Å²) in [6, 6.07) is 19.0. The van der Waals surface area contributed by atoms with Gasteiger partial charge in [0.2, 0.25) is 0 Å². The minimum atomic E-state index is -0.600. The topological polar surface area (TPSA) is 93.8 Å². The van der Waals surface area contributed by atoms with Gasteiger partial charge in [0.25, 0.3) is 0 Å². The highest BCUT2D eigenvalue weighted by Gasteiger charge is 2.35. The van der Waals surface area contributed by atoms with Crippen molar-refractivity contribution < 1.29 is 23.8 Å². The minimum Gasteiger partial charge on any atom is -0.462 e. The van der Waals surface area contributed by atoms with Crippen LogP contribution in [0.2, 0.25) is 0 Å². The van der Waals surface area contributed by atoms with E-state index in [1.54, 1.807) is 9.47 Å². The highest BCUT2D eigenvalue weighted by Crippen LogP contribution is 2.35. The van der Waals surface area contributed by atoms with Gasteiger partial charge in [0.1, 0.15) is 28.9 Å². The lowest BCUT2D eigenvalue weighted by Crippen LogP contribution is -2.35. The second kappa shape index (κ2) is 12.1. The minimum absolute atomic E-state index is 0.139. The van der Waals surface area contributed by atoms with E-state index in [-0.39, 0.29) is 29.9 Å². The average molecular weight is 530 g/mol. The molecular formula is C31H35N3O5. The summed E-state index contributed by atoms with van der Waals surface area (Å²) in [5.41, 5.74) is 1.27. The van der Waals surface area contributed by atoms with Gasteiger partial charge in [0.15, 0.2) is 0 Å². The van der Waals surface area contributed by atoms with Crippen LogP contribution >= 0.6 is 0 Å². The molecule has 1 aliphatic rings. The number of likely N-dealkylation sites (tertiary alicyclic amines) is 1. The summed E-state index contributed by atoms with van der Waals surface area (Å²) in [4.78, 5) is 27.6. The molecule has 8 heteroatoms. The summed E-state index contributed by atoms with van der Waals surface area (Å²) in [6.45, 7) is 8.69. The van der Waals surface area contributed by atoms with E-state index in [1.807, 2.05) is 88.5 Å². The predicted octanol–water partition coefficient (Wildman–Crippen LogP) is 6.82. The molecule has 0 N–H and O–H groups in total. The van der Waals surface area contributed by atoms with Gasteiger partial charge in [-0.3, -0.25) is 0 Å². The normalized spacial score (nSPS) is 15.1. The van der Waals surface area contributed by atoms with Crippen LogP contribution in [0.4, 0.5) is 4.79 Å². The number of nitrogens with zero attached hydrogens (tertiary/aromatic N) is 3. The zero-order valence-corrected chi connectivity index (χ0v) is 23.0. The molecule has 8 nitrogen and oxygen atoms in total. The maximum atomic E-state index is 13.3. The molecule has 1 amide bonds. The molecule has 0 radical (unpaired) electrons. The molecule has 39 heavy (non-hydrogen) atoms. The zero-order valence-electron chi connectivity index (χ0n) is 23.0.